The summed E-state index contributed by atoms with van der Waals surface area (Å²) in [6.07, 6.45) is 1.05. The van der Waals surface area contributed by atoms with Gasteiger partial charge in [-0.3, -0.25) is 0 Å². The number of esters is 1. The number of carbonyl (C=O) groups is 1. The number of nitrogens with zero attached hydrogens (tertiary/aromatic N) is 1. The molecule has 0 fully saturated rings. The molecule has 12 heavy (non-hydrogen) atoms. The predicted molar refractivity (Wildman–Crippen MR) is 44.9 cm³/mol. The van der Waals surface area contributed by atoms with E-state index in [-0.39, 0.29) is 10.8 Å². The lowest BCUT2D eigenvalue weighted by atomic mass is 10.4. The molecule has 0 aliphatic rings. The van der Waals surface area contributed by atoms with Gasteiger partial charge >= 0.3 is 5.97 Å². The van der Waals surface area contributed by atoms with Crippen LogP contribution < -0.4 is 0 Å². The van der Waals surface area contributed by atoms with E-state index in [1.54, 1.807) is 12.1 Å². The summed E-state index contributed by atoms with van der Waals surface area (Å²) in [7, 11) is 0. The first kappa shape index (κ1) is 8.74. The van der Waals surface area contributed by atoms with E-state index < -0.39 is 5.97 Å². The first-order valence-corrected chi connectivity index (χ1v) is 3.56. The maximum absolute atomic E-state index is 11.0. The Morgan fingerprint density at radius 3 is 3.00 bits per heavy atom. The molecule has 62 valence electrons. The summed E-state index contributed by atoms with van der Waals surface area (Å²) in [5, 5.41) is 0.258. The molecular formula is C8H6ClNO2. The van der Waals surface area contributed by atoms with Crippen molar-refractivity contribution in [2.24, 2.45) is 0 Å². The molecule has 1 aromatic rings. The number of halogens is 1. The van der Waals surface area contributed by atoms with Gasteiger partial charge in [-0.25, -0.2) is 9.78 Å². The van der Waals surface area contributed by atoms with Crippen molar-refractivity contribution in [3.8, 4) is 0 Å². The zero-order valence-corrected chi connectivity index (χ0v) is 6.91. The molecule has 3 nitrogen and oxygen atoms in total. The maximum Gasteiger partial charge on any atom is 0.361 e. The Morgan fingerprint density at radius 2 is 2.42 bits per heavy atom. The SMILES string of the molecule is C=COC(=O)c1cccc(Cl)n1. The van der Waals surface area contributed by atoms with Crippen molar-refractivity contribution in [2.75, 3.05) is 0 Å². The van der Waals surface area contributed by atoms with E-state index in [9.17, 15) is 4.79 Å². The number of carbonyl (C=O) groups excluding carboxylic acids is 1. The van der Waals surface area contributed by atoms with Gasteiger partial charge in [0.1, 0.15) is 5.15 Å². The Morgan fingerprint density at radius 1 is 1.67 bits per heavy atom. The zero-order chi connectivity index (χ0) is 8.97. The van der Waals surface area contributed by atoms with E-state index in [1.165, 1.54) is 6.07 Å². The fourth-order valence-corrected chi connectivity index (χ4v) is 0.822. The van der Waals surface area contributed by atoms with Crippen molar-refractivity contribution >= 4 is 17.6 Å². The summed E-state index contributed by atoms with van der Waals surface area (Å²) in [5.74, 6) is -0.563. The molecule has 0 unspecified atom stereocenters. The molecule has 0 aliphatic heterocycles. The van der Waals surface area contributed by atoms with Gasteiger partial charge in [-0.15, -0.1) is 0 Å². The molecule has 4 heteroatoms. The average Bonchev–Trinajstić information content (AvgIpc) is 2.05. The van der Waals surface area contributed by atoms with Crippen LogP contribution in [-0.2, 0) is 4.74 Å². The molecule has 1 rings (SSSR count). The topological polar surface area (TPSA) is 39.2 Å². The highest BCUT2D eigenvalue weighted by molar-refractivity contribution is 6.29. The van der Waals surface area contributed by atoms with Crippen LogP contribution >= 0.6 is 11.6 Å². The number of rotatable bonds is 2. The second-order valence-corrected chi connectivity index (χ2v) is 2.30. The van der Waals surface area contributed by atoms with E-state index in [0.29, 0.717) is 0 Å². The van der Waals surface area contributed by atoms with Crippen LogP contribution in [0.1, 0.15) is 10.5 Å². The molecule has 0 atom stereocenters. The smallest absolute Gasteiger partial charge is 0.361 e. The highest BCUT2D eigenvalue weighted by Gasteiger charge is 2.06. The molecule has 0 saturated heterocycles. The fraction of sp³-hybridized carbons (Fsp3) is 0. The Kier molecular flexibility index (Phi) is 2.82. The maximum atomic E-state index is 11.0. The van der Waals surface area contributed by atoms with Crippen molar-refractivity contribution in [3.05, 3.63) is 41.9 Å². The molecule has 0 N–H and O–H groups in total. The van der Waals surface area contributed by atoms with Crippen molar-refractivity contribution in [1.82, 2.24) is 4.98 Å². The van der Waals surface area contributed by atoms with Crippen LogP contribution in [0.5, 0.6) is 0 Å². The van der Waals surface area contributed by atoms with Crippen LogP contribution in [0.2, 0.25) is 5.15 Å². The van der Waals surface area contributed by atoms with Gasteiger partial charge in [-0.05, 0) is 12.1 Å². The van der Waals surface area contributed by atoms with Gasteiger partial charge < -0.3 is 4.74 Å². The van der Waals surface area contributed by atoms with E-state index in [1.807, 2.05) is 0 Å². The largest absolute Gasteiger partial charge is 0.430 e. The Bertz CT molecular complexity index is 312. The molecule has 0 saturated carbocycles. The third-order valence-electron chi connectivity index (χ3n) is 1.11. The van der Waals surface area contributed by atoms with E-state index >= 15 is 0 Å². The van der Waals surface area contributed by atoms with Gasteiger partial charge in [-0.2, -0.15) is 0 Å². The standard InChI is InChI=1S/C8H6ClNO2/c1-2-12-8(11)6-4-3-5-7(9)10-6/h2-5H,1H2. The molecule has 0 aromatic carbocycles. The minimum absolute atomic E-state index is 0.169. The van der Waals surface area contributed by atoms with Gasteiger partial charge in [0, 0.05) is 0 Å². The number of hydrogen-bond acceptors (Lipinski definition) is 3. The Labute approximate surface area is 74.6 Å². The summed E-state index contributed by atoms with van der Waals surface area (Å²) in [6, 6.07) is 4.71. The van der Waals surface area contributed by atoms with E-state index in [4.69, 9.17) is 11.6 Å². The first-order valence-electron chi connectivity index (χ1n) is 3.18. The lowest BCUT2D eigenvalue weighted by molar-refractivity contribution is 0.0658. The van der Waals surface area contributed by atoms with Gasteiger partial charge in [0.15, 0.2) is 5.69 Å². The van der Waals surface area contributed by atoms with Gasteiger partial charge in [0.25, 0.3) is 0 Å². The molecule has 0 amide bonds. The minimum atomic E-state index is -0.563. The Balaban J connectivity index is 2.87. The summed E-state index contributed by atoms with van der Waals surface area (Å²) in [5.41, 5.74) is 0.169. The lowest BCUT2D eigenvalue weighted by Crippen LogP contribution is -2.02. The molecule has 1 aromatic heterocycles. The number of ether oxygens (including phenoxy) is 1. The highest BCUT2D eigenvalue weighted by atomic mass is 35.5. The third kappa shape index (κ3) is 2.07. The van der Waals surface area contributed by atoms with Crippen LogP contribution in [0, 0.1) is 0 Å². The van der Waals surface area contributed by atoms with E-state index in [2.05, 4.69) is 16.3 Å². The number of aromatic nitrogens is 1. The van der Waals surface area contributed by atoms with Crippen LogP contribution in [0.3, 0.4) is 0 Å². The van der Waals surface area contributed by atoms with Crippen molar-refractivity contribution in [3.63, 3.8) is 0 Å². The summed E-state index contributed by atoms with van der Waals surface area (Å²) in [4.78, 5) is 14.7. The third-order valence-corrected chi connectivity index (χ3v) is 1.33. The monoisotopic (exact) mass is 183 g/mol. The number of hydrogen-bond donors (Lipinski definition) is 0. The summed E-state index contributed by atoms with van der Waals surface area (Å²) < 4.78 is 4.49. The van der Waals surface area contributed by atoms with Crippen LogP contribution in [0.15, 0.2) is 31.0 Å². The molecule has 0 aliphatic carbocycles. The lowest BCUT2D eigenvalue weighted by Gasteiger charge is -1.97. The normalized spacial score (nSPS) is 9.08. The predicted octanol–water partition coefficient (Wildman–Crippen LogP) is 2.04. The van der Waals surface area contributed by atoms with Gasteiger partial charge in [0.2, 0.25) is 0 Å². The second-order valence-electron chi connectivity index (χ2n) is 1.92. The molecule has 1 heterocycles. The minimum Gasteiger partial charge on any atom is -0.430 e. The summed E-state index contributed by atoms with van der Waals surface area (Å²) in [6.45, 7) is 3.24. The van der Waals surface area contributed by atoms with Crippen molar-refractivity contribution in [2.45, 2.75) is 0 Å². The van der Waals surface area contributed by atoms with Crippen LogP contribution in [0.4, 0.5) is 0 Å². The average molecular weight is 184 g/mol. The van der Waals surface area contributed by atoms with E-state index in [0.717, 1.165) is 6.26 Å². The van der Waals surface area contributed by atoms with Gasteiger partial charge in [0.05, 0.1) is 6.26 Å². The highest BCUT2D eigenvalue weighted by Crippen LogP contribution is 2.05. The Hall–Kier alpha value is -1.35. The summed E-state index contributed by atoms with van der Waals surface area (Å²) >= 11 is 5.54. The quantitative estimate of drug-likeness (QED) is 0.400. The number of pyridine rings is 1. The zero-order valence-electron chi connectivity index (χ0n) is 6.16. The van der Waals surface area contributed by atoms with Crippen molar-refractivity contribution < 1.29 is 9.53 Å². The molecular weight excluding hydrogens is 178 g/mol. The van der Waals surface area contributed by atoms with Gasteiger partial charge in [-0.1, -0.05) is 24.2 Å². The van der Waals surface area contributed by atoms with Crippen molar-refractivity contribution in [1.29, 1.82) is 0 Å². The van der Waals surface area contributed by atoms with Crippen LogP contribution in [-0.4, -0.2) is 11.0 Å². The molecule has 0 radical (unpaired) electrons. The molecule has 0 spiro atoms. The fourth-order valence-electron chi connectivity index (χ4n) is 0.658. The second kappa shape index (κ2) is 3.88. The van der Waals surface area contributed by atoms with Crippen LogP contribution in [0.25, 0.3) is 0 Å². The molecule has 0 bridgehead atoms. The first-order chi connectivity index (χ1) is 5.74.